The summed E-state index contributed by atoms with van der Waals surface area (Å²) >= 11 is 0. The van der Waals surface area contributed by atoms with Gasteiger partial charge in [0.15, 0.2) is 11.6 Å². The number of allylic oxidation sites excluding steroid dienone is 2. The first-order chi connectivity index (χ1) is 24.9. The van der Waals surface area contributed by atoms with Gasteiger partial charge in [0.2, 0.25) is 0 Å². The third-order valence-corrected chi connectivity index (χ3v) is 9.86. The fraction of sp³-hybridized carbons (Fsp3) is 0.442. The number of azo groups is 1. The predicted octanol–water partition coefficient (Wildman–Crippen LogP) is 10.6. The number of ketones is 2. The second kappa shape index (κ2) is 18.6. The fourth-order valence-corrected chi connectivity index (χ4v) is 6.82. The number of hydrogen-bond donors (Lipinski definition) is 1. The van der Waals surface area contributed by atoms with E-state index in [-0.39, 0.29) is 17.6 Å². The maximum Gasteiger partial charge on any atom is 0.196 e. The lowest BCUT2D eigenvalue weighted by atomic mass is 9.77. The number of nitrogens with one attached hydrogen (secondary N) is 1. The van der Waals surface area contributed by atoms with E-state index in [1.54, 1.807) is 24.3 Å². The van der Waals surface area contributed by atoms with Crippen molar-refractivity contribution in [2.75, 3.05) is 48.0 Å². The molecule has 0 aliphatic heterocycles. The largest absolute Gasteiger partial charge is 0.372 e. The van der Waals surface area contributed by atoms with E-state index in [4.69, 9.17) is 0 Å². The van der Waals surface area contributed by atoms with Crippen molar-refractivity contribution in [3.05, 3.63) is 101 Å². The molecule has 8 heteroatoms. The first-order valence-electron chi connectivity index (χ1n) is 19.1. The van der Waals surface area contributed by atoms with E-state index >= 15 is 0 Å². The lowest BCUT2D eigenvalue weighted by molar-refractivity contribution is 0.0969. The lowest BCUT2D eigenvalue weighted by Crippen LogP contribution is -2.47. The molecule has 5 rings (SSSR count). The summed E-state index contributed by atoms with van der Waals surface area (Å²) < 4.78 is 0. The number of rotatable bonds is 19. The Kier molecular flexibility index (Phi) is 13.8. The SMILES string of the molecule is CCCCN(CCCC)c1ccc(N=Nc2cccc3c2C(=O)C2=C(C3=O)C(NN(C)c3ccc(N(CCCC)CCCC)cc3)CC=C2)cc1. The van der Waals surface area contributed by atoms with Crippen LogP contribution in [0.4, 0.5) is 28.4 Å². The minimum absolute atomic E-state index is 0.145. The van der Waals surface area contributed by atoms with Crippen molar-refractivity contribution >= 4 is 40.0 Å². The average Bonchev–Trinajstić information content (AvgIpc) is 3.16. The fourth-order valence-electron chi connectivity index (χ4n) is 6.82. The zero-order valence-electron chi connectivity index (χ0n) is 31.3. The molecule has 1 N–H and O–H groups in total. The molecule has 2 aliphatic rings. The molecule has 0 spiro atoms. The summed E-state index contributed by atoms with van der Waals surface area (Å²) in [7, 11) is 1.96. The van der Waals surface area contributed by atoms with Crippen LogP contribution in [0, 0.1) is 0 Å². The third kappa shape index (κ3) is 9.22. The molecule has 0 saturated carbocycles. The van der Waals surface area contributed by atoms with Crippen LogP contribution in [0.1, 0.15) is 106 Å². The summed E-state index contributed by atoms with van der Waals surface area (Å²) in [4.78, 5) is 33.1. The van der Waals surface area contributed by atoms with Crippen LogP contribution in [0.15, 0.2) is 100 Å². The smallest absolute Gasteiger partial charge is 0.196 e. The number of carbonyl (C=O) groups is 2. The minimum atomic E-state index is -0.345. The van der Waals surface area contributed by atoms with Gasteiger partial charge in [0, 0.05) is 61.3 Å². The molecule has 3 aromatic rings. The molecular formula is C43H56N6O2. The van der Waals surface area contributed by atoms with Crippen molar-refractivity contribution in [2.45, 2.75) is 91.5 Å². The van der Waals surface area contributed by atoms with Crippen molar-refractivity contribution in [3.63, 3.8) is 0 Å². The van der Waals surface area contributed by atoms with Gasteiger partial charge >= 0.3 is 0 Å². The standard InChI is InChI=1S/C43H56N6O2/c1-6-10-28-48(29-11-7-2)34-22-20-32(21-23-34)44-45-38-18-14-16-36-40(38)42(50)37-17-15-19-39(41(37)43(36)51)46-47(5)33-24-26-35(27-25-33)49(30-12-8-3)31-13-9-4/h14-18,20-27,39,46H,6-13,19,28-31H2,1-5H3. The van der Waals surface area contributed by atoms with Gasteiger partial charge in [-0.05, 0) is 86.7 Å². The molecule has 0 aromatic heterocycles. The number of carbonyl (C=O) groups excluding carboxylic acids is 2. The second-order valence-corrected chi connectivity index (χ2v) is 13.7. The molecule has 0 fully saturated rings. The van der Waals surface area contributed by atoms with Crippen LogP contribution in [-0.2, 0) is 0 Å². The van der Waals surface area contributed by atoms with Gasteiger partial charge in [0.05, 0.1) is 28.7 Å². The van der Waals surface area contributed by atoms with E-state index in [0.717, 1.165) is 57.5 Å². The van der Waals surface area contributed by atoms with Crippen molar-refractivity contribution in [2.24, 2.45) is 10.2 Å². The molecule has 0 radical (unpaired) electrons. The number of anilines is 3. The summed E-state index contributed by atoms with van der Waals surface area (Å²) in [6.07, 6.45) is 13.7. The zero-order chi connectivity index (χ0) is 36.2. The Hall–Kier alpha value is -4.56. The Morgan fingerprint density at radius 3 is 1.75 bits per heavy atom. The van der Waals surface area contributed by atoms with Crippen LogP contribution < -0.4 is 20.2 Å². The topological polar surface area (TPSA) is 80.6 Å². The van der Waals surface area contributed by atoms with Gasteiger partial charge in [-0.2, -0.15) is 5.11 Å². The number of hydrazine groups is 1. The highest BCUT2D eigenvalue weighted by Gasteiger charge is 2.38. The molecule has 8 nitrogen and oxygen atoms in total. The van der Waals surface area contributed by atoms with E-state index in [2.05, 4.69) is 89.5 Å². The molecule has 2 aliphatic carbocycles. The van der Waals surface area contributed by atoms with Gasteiger partial charge in [-0.15, -0.1) is 5.11 Å². The quantitative estimate of drug-likeness (QED) is 0.0997. The molecule has 0 bridgehead atoms. The Morgan fingerprint density at radius 1 is 0.667 bits per heavy atom. The van der Waals surface area contributed by atoms with Crippen molar-refractivity contribution in [1.82, 2.24) is 5.43 Å². The predicted molar refractivity (Wildman–Crippen MR) is 212 cm³/mol. The molecule has 0 amide bonds. The van der Waals surface area contributed by atoms with Crippen LogP contribution in [0.5, 0.6) is 0 Å². The summed E-state index contributed by atoms with van der Waals surface area (Å²) in [6, 6.07) is 21.6. The maximum absolute atomic E-state index is 14.1. The van der Waals surface area contributed by atoms with Gasteiger partial charge in [-0.25, -0.2) is 5.43 Å². The molecular weight excluding hydrogens is 633 g/mol. The molecule has 0 saturated heterocycles. The Bertz CT molecular complexity index is 1690. The maximum atomic E-state index is 14.1. The molecule has 270 valence electrons. The number of hydrogen-bond acceptors (Lipinski definition) is 8. The minimum Gasteiger partial charge on any atom is -0.372 e. The van der Waals surface area contributed by atoms with Crippen LogP contribution in [0.2, 0.25) is 0 Å². The highest BCUT2D eigenvalue weighted by Crippen LogP contribution is 2.38. The highest BCUT2D eigenvalue weighted by atomic mass is 16.1. The summed E-state index contributed by atoms with van der Waals surface area (Å²) in [6.45, 7) is 13.1. The first-order valence-corrected chi connectivity index (χ1v) is 19.1. The molecule has 3 aromatic carbocycles. The molecule has 51 heavy (non-hydrogen) atoms. The van der Waals surface area contributed by atoms with E-state index in [0.29, 0.717) is 40.1 Å². The molecule has 0 heterocycles. The van der Waals surface area contributed by atoms with Gasteiger partial charge < -0.3 is 14.8 Å². The lowest BCUT2D eigenvalue weighted by Gasteiger charge is -2.33. The summed E-state index contributed by atoms with van der Waals surface area (Å²) in [5, 5.41) is 11.0. The average molecular weight is 689 g/mol. The van der Waals surface area contributed by atoms with Crippen LogP contribution >= 0.6 is 0 Å². The molecule has 1 unspecified atom stereocenters. The van der Waals surface area contributed by atoms with E-state index < -0.39 is 0 Å². The van der Waals surface area contributed by atoms with Gasteiger partial charge in [0.1, 0.15) is 0 Å². The Balaban J connectivity index is 1.31. The monoisotopic (exact) mass is 688 g/mol. The van der Waals surface area contributed by atoms with E-state index in [1.165, 1.54) is 37.1 Å². The number of unbranched alkanes of at least 4 members (excludes halogenated alkanes) is 4. The third-order valence-electron chi connectivity index (χ3n) is 9.86. The van der Waals surface area contributed by atoms with Gasteiger partial charge in [-0.1, -0.05) is 77.7 Å². The van der Waals surface area contributed by atoms with Crippen LogP contribution in [-0.4, -0.2) is 50.8 Å². The first kappa shape index (κ1) is 37.7. The van der Waals surface area contributed by atoms with Gasteiger partial charge in [-0.3, -0.25) is 9.59 Å². The van der Waals surface area contributed by atoms with Crippen molar-refractivity contribution in [3.8, 4) is 0 Å². The molecule has 1 atom stereocenters. The zero-order valence-corrected chi connectivity index (χ0v) is 31.3. The van der Waals surface area contributed by atoms with E-state index in [1.807, 2.05) is 30.3 Å². The summed E-state index contributed by atoms with van der Waals surface area (Å²) in [5.41, 5.74) is 9.64. The van der Waals surface area contributed by atoms with Crippen molar-refractivity contribution < 1.29 is 9.59 Å². The van der Waals surface area contributed by atoms with E-state index in [9.17, 15) is 9.59 Å². The second-order valence-electron chi connectivity index (χ2n) is 13.7. The number of benzene rings is 3. The van der Waals surface area contributed by atoms with Crippen molar-refractivity contribution in [1.29, 1.82) is 0 Å². The van der Waals surface area contributed by atoms with Crippen LogP contribution in [0.3, 0.4) is 0 Å². The summed E-state index contributed by atoms with van der Waals surface area (Å²) in [5.74, 6) is -0.339. The van der Waals surface area contributed by atoms with Crippen LogP contribution in [0.25, 0.3) is 0 Å². The van der Waals surface area contributed by atoms with Gasteiger partial charge in [0.25, 0.3) is 0 Å². The Labute approximate surface area is 305 Å². The Morgan fingerprint density at radius 2 is 1.20 bits per heavy atom. The number of Topliss-reactive ketones (excluding diaryl/α,β-unsaturated/α-hetero) is 2. The highest BCUT2D eigenvalue weighted by molar-refractivity contribution is 6.30. The number of nitrogens with zero attached hydrogens (tertiary/aromatic N) is 5. The number of fused-ring (bicyclic) bond motifs is 1. The normalized spacial score (nSPS) is 15.4.